The summed E-state index contributed by atoms with van der Waals surface area (Å²) in [4.78, 5) is 3.71. The lowest BCUT2D eigenvalue weighted by Crippen LogP contribution is -2.00. The summed E-state index contributed by atoms with van der Waals surface area (Å²) in [6.45, 7) is 0. The van der Waals surface area contributed by atoms with Crippen molar-refractivity contribution in [3.05, 3.63) is 22.8 Å². The van der Waals surface area contributed by atoms with Gasteiger partial charge in [-0.25, -0.2) is 13.4 Å². The van der Waals surface area contributed by atoms with E-state index in [2.05, 4.69) is 20.9 Å². The van der Waals surface area contributed by atoms with E-state index in [0.717, 1.165) is 6.26 Å². The van der Waals surface area contributed by atoms with Crippen LogP contribution in [0.1, 0.15) is 0 Å². The lowest BCUT2D eigenvalue weighted by Gasteiger charge is -1.97. The zero-order valence-electron chi connectivity index (χ0n) is 5.78. The van der Waals surface area contributed by atoms with E-state index in [-0.39, 0.29) is 5.03 Å². The van der Waals surface area contributed by atoms with Crippen LogP contribution in [-0.2, 0) is 9.84 Å². The first-order valence-corrected chi connectivity index (χ1v) is 5.51. The zero-order valence-corrected chi connectivity index (χ0v) is 8.18. The van der Waals surface area contributed by atoms with Gasteiger partial charge in [0.15, 0.2) is 14.9 Å². The highest BCUT2D eigenvalue weighted by Crippen LogP contribution is 2.17. The average molecular weight is 236 g/mol. The van der Waals surface area contributed by atoms with Gasteiger partial charge in [-0.2, -0.15) is 0 Å². The molecule has 0 aliphatic heterocycles. The second-order valence-corrected chi connectivity index (χ2v) is 4.85. The highest BCUT2D eigenvalue weighted by molar-refractivity contribution is 9.10. The normalized spacial score (nSPS) is 11.5. The van der Waals surface area contributed by atoms with Crippen LogP contribution >= 0.6 is 15.9 Å². The molecule has 1 aromatic rings. The van der Waals surface area contributed by atoms with Crippen LogP contribution in [0.25, 0.3) is 0 Å². The molecular formula is C6H6BrNO2S. The van der Waals surface area contributed by atoms with Crippen LogP contribution in [0, 0.1) is 0 Å². The Kier molecular flexibility index (Phi) is 2.29. The van der Waals surface area contributed by atoms with Crippen molar-refractivity contribution >= 4 is 25.8 Å². The summed E-state index contributed by atoms with van der Waals surface area (Å²) in [6.07, 6.45) is 2.57. The van der Waals surface area contributed by atoms with Crippen LogP contribution in [0.15, 0.2) is 27.8 Å². The van der Waals surface area contributed by atoms with E-state index >= 15 is 0 Å². The summed E-state index contributed by atoms with van der Waals surface area (Å²) in [7, 11) is -3.19. The number of rotatable bonds is 1. The van der Waals surface area contributed by atoms with Crippen molar-refractivity contribution in [2.75, 3.05) is 6.26 Å². The highest BCUT2D eigenvalue weighted by Gasteiger charge is 2.11. The van der Waals surface area contributed by atoms with Gasteiger partial charge in [-0.1, -0.05) is 0 Å². The Morgan fingerprint density at radius 2 is 2.18 bits per heavy atom. The van der Waals surface area contributed by atoms with E-state index in [0.29, 0.717) is 4.47 Å². The third-order valence-electron chi connectivity index (χ3n) is 1.08. The van der Waals surface area contributed by atoms with Crippen LogP contribution in [0.4, 0.5) is 0 Å². The van der Waals surface area contributed by atoms with Gasteiger partial charge >= 0.3 is 0 Å². The molecule has 0 atom stereocenters. The minimum atomic E-state index is -3.19. The Labute approximate surface area is 73.5 Å². The number of nitrogens with zero attached hydrogens (tertiary/aromatic N) is 1. The Balaban J connectivity index is 3.37. The highest BCUT2D eigenvalue weighted by atomic mass is 79.9. The fourth-order valence-electron chi connectivity index (χ4n) is 0.644. The first-order chi connectivity index (χ1) is 5.02. The van der Waals surface area contributed by atoms with Gasteiger partial charge in [0.2, 0.25) is 0 Å². The van der Waals surface area contributed by atoms with Gasteiger partial charge in [0.25, 0.3) is 0 Å². The van der Waals surface area contributed by atoms with Gasteiger partial charge < -0.3 is 0 Å². The van der Waals surface area contributed by atoms with Crippen LogP contribution in [0.5, 0.6) is 0 Å². The minimum Gasteiger partial charge on any atom is -0.244 e. The molecule has 0 bridgehead atoms. The Hall–Kier alpha value is -0.420. The number of pyridine rings is 1. The molecule has 5 heteroatoms. The van der Waals surface area contributed by atoms with Crippen LogP contribution < -0.4 is 0 Å². The molecule has 0 radical (unpaired) electrons. The first kappa shape index (κ1) is 8.67. The molecule has 1 aromatic heterocycles. The van der Waals surface area contributed by atoms with Crippen LogP contribution in [-0.4, -0.2) is 19.7 Å². The predicted octanol–water partition coefficient (Wildman–Crippen LogP) is 1.25. The summed E-state index contributed by atoms with van der Waals surface area (Å²) < 4.78 is 22.4. The summed E-state index contributed by atoms with van der Waals surface area (Å²) in [5.41, 5.74) is 0. The Morgan fingerprint density at radius 3 is 2.55 bits per heavy atom. The van der Waals surface area contributed by atoms with E-state index in [9.17, 15) is 8.42 Å². The van der Waals surface area contributed by atoms with Gasteiger partial charge in [0.05, 0.1) is 4.47 Å². The lowest BCUT2D eigenvalue weighted by molar-refractivity contribution is 0.597. The number of sulfone groups is 1. The van der Waals surface area contributed by atoms with Crippen LogP contribution in [0.2, 0.25) is 0 Å². The maximum Gasteiger partial charge on any atom is 0.193 e. The molecule has 3 nitrogen and oxygen atoms in total. The van der Waals surface area contributed by atoms with E-state index in [1.54, 1.807) is 12.1 Å². The molecule has 0 unspecified atom stereocenters. The fourth-order valence-corrected chi connectivity index (χ4v) is 2.46. The monoisotopic (exact) mass is 235 g/mol. The molecule has 0 aliphatic rings. The fraction of sp³-hybridized carbons (Fsp3) is 0.167. The lowest BCUT2D eigenvalue weighted by atomic mass is 10.5. The Bertz CT molecular complexity index is 361. The van der Waals surface area contributed by atoms with Crippen molar-refractivity contribution in [1.82, 2.24) is 4.98 Å². The van der Waals surface area contributed by atoms with E-state index < -0.39 is 9.84 Å². The van der Waals surface area contributed by atoms with Crippen molar-refractivity contribution in [3.8, 4) is 0 Å². The minimum absolute atomic E-state index is 0.0833. The largest absolute Gasteiger partial charge is 0.244 e. The second kappa shape index (κ2) is 2.91. The molecule has 11 heavy (non-hydrogen) atoms. The standard InChI is InChI=1S/C6H6BrNO2S/c1-11(9,10)6-5(7)3-2-4-8-6/h2-4H,1H3. The van der Waals surface area contributed by atoms with E-state index in [4.69, 9.17) is 0 Å². The number of hydrogen-bond acceptors (Lipinski definition) is 3. The molecule has 0 fully saturated rings. The van der Waals surface area contributed by atoms with E-state index in [1.807, 2.05) is 0 Å². The first-order valence-electron chi connectivity index (χ1n) is 2.82. The third kappa shape index (κ3) is 2.00. The maximum absolute atomic E-state index is 11.0. The van der Waals surface area contributed by atoms with E-state index in [1.165, 1.54) is 6.20 Å². The van der Waals surface area contributed by atoms with Gasteiger partial charge in [-0.15, -0.1) is 0 Å². The zero-order chi connectivity index (χ0) is 8.48. The van der Waals surface area contributed by atoms with Crippen molar-refractivity contribution in [1.29, 1.82) is 0 Å². The second-order valence-electron chi connectivity index (χ2n) is 2.06. The van der Waals surface area contributed by atoms with Gasteiger partial charge in [0, 0.05) is 12.5 Å². The SMILES string of the molecule is CS(=O)(=O)c1ncccc1Br. The molecule has 1 rings (SSSR count). The molecular weight excluding hydrogens is 230 g/mol. The van der Waals surface area contributed by atoms with Crippen molar-refractivity contribution in [2.45, 2.75) is 5.03 Å². The molecule has 1 heterocycles. The molecule has 0 aromatic carbocycles. The number of hydrogen-bond donors (Lipinski definition) is 0. The molecule has 0 aliphatic carbocycles. The average Bonchev–Trinajstić information content (AvgIpc) is 1.86. The summed E-state index contributed by atoms with van der Waals surface area (Å²) in [5.74, 6) is 0. The molecule has 0 amide bonds. The van der Waals surface area contributed by atoms with Gasteiger partial charge in [0.1, 0.15) is 0 Å². The molecule has 0 N–H and O–H groups in total. The van der Waals surface area contributed by atoms with Crippen molar-refractivity contribution in [2.24, 2.45) is 0 Å². The van der Waals surface area contributed by atoms with Gasteiger partial charge in [-0.3, -0.25) is 0 Å². The topological polar surface area (TPSA) is 47.0 Å². The third-order valence-corrected chi connectivity index (χ3v) is 3.01. The molecule has 0 spiro atoms. The van der Waals surface area contributed by atoms with Crippen molar-refractivity contribution in [3.63, 3.8) is 0 Å². The molecule has 0 saturated heterocycles. The predicted molar refractivity (Wildman–Crippen MR) is 45.0 cm³/mol. The van der Waals surface area contributed by atoms with Gasteiger partial charge in [-0.05, 0) is 28.1 Å². The number of halogens is 1. The smallest absolute Gasteiger partial charge is 0.193 e. The van der Waals surface area contributed by atoms with Crippen LogP contribution in [0.3, 0.4) is 0 Å². The number of aromatic nitrogens is 1. The Morgan fingerprint density at radius 1 is 1.55 bits per heavy atom. The molecule has 0 saturated carbocycles. The summed E-state index contributed by atoms with van der Waals surface area (Å²) in [6, 6.07) is 3.31. The molecule has 60 valence electrons. The van der Waals surface area contributed by atoms with Crippen molar-refractivity contribution < 1.29 is 8.42 Å². The quantitative estimate of drug-likeness (QED) is 0.737. The summed E-state index contributed by atoms with van der Waals surface area (Å²) >= 11 is 3.09. The maximum atomic E-state index is 11.0. The summed E-state index contributed by atoms with van der Waals surface area (Å²) in [5, 5.41) is 0.0833.